The number of nitrogens with one attached hydrogen (secondary N) is 2. The molecule has 20 heavy (non-hydrogen) atoms. The van der Waals surface area contributed by atoms with Crippen molar-refractivity contribution in [2.24, 2.45) is 7.05 Å². The van der Waals surface area contributed by atoms with Gasteiger partial charge in [0.1, 0.15) is 5.82 Å². The van der Waals surface area contributed by atoms with Gasteiger partial charge in [-0.3, -0.25) is 0 Å². The smallest absolute Gasteiger partial charge is 0.106 e. The van der Waals surface area contributed by atoms with Gasteiger partial charge >= 0.3 is 0 Å². The third-order valence-corrected chi connectivity index (χ3v) is 3.91. The number of rotatable bonds is 3. The third kappa shape index (κ3) is 2.02. The Balaban J connectivity index is 2.07. The molecule has 0 spiro atoms. The highest BCUT2D eigenvalue weighted by Gasteiger charge is 2.09. The molecule has 3 aromatic rings. The summed E-state index contributed by atoms with van der Waals surface area (Å²) in [5, 5.41) is 3.19. The Labute approximate surface area is 118 Å². The van der Waals surface area contributed by atoms with Crippen molar-refractivity contribution < 1.29 is 0 Å². The molecule has 0 fully saturated rings. The van der Waals surface area contributed by atoms with Crippen molar-refractivity contribution in [1.29, 1.82) is 0 Å². The number of hydrogen-bond acceptors (Lipinski definition) is 2. The Bertz CT molecular complexity index is 764. The topological polar surface area (TPSA) is 45.6 Å². The van der Waals surface area contributed by atoms with Gasteiger partial charge in [0.15, 0.2) is 0 Å². The molecule has 0 radical (unpaired) electrons. The summed E-state index contributed by atoms with van der Waals surface area (Å²) in [5.41, 5.74) is 7.07. The zero-order chi connectivity index (χ0) is 14.3. The molecule has 2 aromatic heterocycles. The quantitative estimate of drug-likeness (QED) is 0.767. The monoisotopic (exact) mass is 268 g/mol. The predicted molar refractivity (Wildman–Crippen MR) is 82.7 cm³/mol. The number of fused-ring (bicyclic) bond motifs is 1. The second-order valence-electron chi connectivity index (χ2n) is 5.29. The highest BCUT2D eigenvalue weighted by molar-refractivity contribution is 5.82. The zero-order valence-corrected chi connectivity index (χ0v) is 12.4. The minimum Gasteiger partial charge on any atom is -0.358 e. The number of imidazole rings is 1. The Kier molecular flexibility index (Phi) is 3.10. The molecule has 4 heteroatoms. The molecule has 0 amide bonds. The SMILES string of the molecule is CNCc1cc(-c2ccc3c(c2)nc(C)n3C)[nH]c1C. The Morgan fingerprint density at radius 2 is 2.05 bits per heavy atom. The Morgan fingerprint density at radius 1 is 1.25 bits per heavy atom. The van der Waals surface area contributed by atoms with E-state index in [9.17, 15) is 0 Å². The number of aryl methyl sites for hydroxylation is 3. The molecule has 104 valence electrons. The highest BCUT2D eigenvalue weighted by atomic mass is 15.0. The van der Waals surface area contributed by atoms with Crippen molar-refractivity contribution >= 4 is 11.0 Å². The number of H-pyrrole nitrogens is 1. The molecule has 0 unspecified atom stereocenters. The van der Waals surface area contributed by atoms with Crippen LogP contribution in [0.25, 0.3) is 22.3 Å². The molecule has 0 saturated carbocycles. The Morgan fingerprint density at radius 3 is 2.80 bits per heavy atom. The lowest BCUT2D eigenvalue weighted by Gasteiger charge is -2.00. The second-order valence-corrected chi connectivity index (χ2v) is 5.29. The summed E-state index contributed by atoms with van der Waals surface area (Å²) in [6.45, 7) is 5.02. The summed E-state index contributed by atoms with van der Waals surface area (Å²) < 4.78 is 2.12. The van der Waals surface area contributed by atoms with E-state index < -0.39 is 0 Å². The lowest BCUT2D eigenvalue weighted by Crippen LogP contribution is -2.04. The zero-order valence-electron chi connectivity index (χ0n) is 12.4. The van der Waals surface area contributed by atoms with Gasteiger partial charge in [0, 0.05) is 30.5 Å². The standard InChI is InChI=1S/C16H20N4/c1-10-13(9-17-3)8-14(18-10)12-5-6-16-15(7-12)19-11(2)20(16)4/h5-8,17-18H,9H2,1-4H3. The average molecular weight is 268 g/mol. The van der Waals surface area contributed by atoms with Crippen LogP contribution < -0.4 is 5.32 Å². The van der Waals surface area contributed by atoms with E-state index in [0.717, 1.165) is 23.6 Å². The maximum atomic E-state index is 4.60. The minimum atomic E-state index is 0.882. The first kappa shape index (κ1) is 12.9. The second kappa shape index (κ2) is 4.80. The van der Waals surface area contributed by atoms with Crippen LogP contribution in [0, 0.1) is 13.8 Å². The molecule has 2 heterocycles. The van der Waals surface area contributed by atoms with Crippen LogP contribution in [0.4, 0.5) is 0 Å². The number of hydrogen-bond donors (Lipinski definition) is 2. The van der Waals surface area contributed by atoms with Crippen molar-refractivity contribution in [3.8, 4) is 11.3 Å². The molecule has 0 saturated heterocycles. The maximum absolute atomic E-state index is 4.60. The van der Waals surface area contributed by atoms with Crippen LogP contribution in [0.5, 0.6) is 0 Å². The van der Waals surface area contributed by atoms with Crippen LogP contribution in [-0.4, -0.2) is 21.6 Å². The Hall–Kier alpha value is -2.07. The average Bonchev–Trinajstić information content (AvgIpc) is 2.92. The van der Waals surface area contributed by atoms with Crippen molar-refractivity contribution in [3.63, 3.8) is 0 Å². The van der Waals surface area contributed by atoms with E-state index in [2.05, 4.69) is 51.0 Å². The summed E-state index contributed by atoms with van der Waals surface area (Å²) in [6.07, 6.45) is 0. The van der Waals surface area contributed by atoms with Crippen LogP contribution in [-0.2, 0) is 13.6 Å². The predicted octanol–water partition coefficient (Wildman–Crippen LogP) is 2.90. The number of aromatic nitrogens is 3. The van der Waals surface area contributed by atoms with Gasteiger partial charge in [-0.2, -0.15) is 0 Å². The van der Waals surface area contributed by atoms with E-state index in [1.807, 2.05) is 21.0 Å². The first-order valence-electron chi connectivity index (χ1n) is 6.86. The fraction of sp³-hybridized carbons (Fsp3) is 0.312. The van der Waals surface area contributed by atoms with Gasteiger partial charge in [-0.15, -0.1) is 0 Å². The number of benzene rings is 1. The van der Waals surface area contributed by atoms with E-state index >= 15 is 0 Å². The molecule has 0 aliphatic heterocycles. The first-order chi connectivity index (χ1) is 9.60. The van der Waals surface area contributed by atoms with E-state index in [4.69, 9.17) is 0 Å². The summed E-state index contributed by atoms with van der Waals surface area (Å²) in [6, 6.07) is 8.65. The van der Waals surface area contributed by atoms with Gasteiger partial charge in [0.2, 0.25) is 0 Å². The van der Waals surface area contributed by atoms with Gasteiger partial charge in [-0.05, 0) is 44.7 Å². The fourth-order valence-corrected chi connectivity index (χ4v) is 2.62. The molecular formula is C16H20N4. The van der Waals surface area contributed by atoms with Crippen molar-refractivity contribution in [2.75, 3.05) is 7.05 Å². The molecule has 0 atom stereocenters. The molecule has 2 N–H and O–H groups in total. The minimum absolute atomic E-state index is 0.882. The number of aromatic amines is 1. The maximum Gasteiger partial charge on any atom is 0.106 e. The summed E-state index contributed by atoms with van der Waals surface area (Å²) in [5.74, 6) is 1.04. The van der Waals surface area contributed by atoms with Crippen LogP contribution >= 0.6 is 0 Å². The van der Waals surface area contributed by atoms with E-state index in [0.29, 0.717) is 0 Å². The summed E-state index contributed by atoms with van der Waals surface area (Å²) >= 11 is 0. The van der Waals surface area contributed by atoms with E-state index in [-0.39, 0.29) is 0 Å². The van der Waals surface area contributed by atoms with Gasteiger partial charge < -0.3 is 14.9 Å². The van der Waals surface area contributed by atoms with Crippen LogP contribution in [0.15, 0.2) is 24.3 Å². The van der Waals surface area contributed by atoms with Gasteiger partial charge in [0.25, 0.3) is 0 Å². The lowest BCUT2D eigenvalue weighted by atomic mass is 10.1. The molecule has 0 aliphatic rings. The van der Waals surface area contributed by atoms with Gasteiger partial charge in [-0.25, -0.2) is 4.98 Å². The molecule has 0 bridgehead atoms. The number of nitrogens with zero attached hydrogens (tertiary/aromatic N) is 2. The van der Waals surface area contributed by atoms with Crippen LogP contribution in [0.3, 0.4) is 0 Å². The summed E-state index contributed by atoms with van der Waals surface area (Å²) in [4.78, 5) is 8.06. The normalized spacial score (nSPS) is 11.4. The molecular weight excluding hydrogens is 248 g/mol. The van der Waals surface area contributed by atoms with E-state index in [1.54, 1.807) is 0 Å². The van der Waals surface area contributed by atoms with Crippen LogP contribution in [0.1, 0.15) is 17.1 Å². The molecule has 1 aromatic carbocycles. The van der Waals surface area contributed by atoms with Crippen LogP contribution in [0.2, 0.25) is 0 Å². The molecule has 3 rings (SSSR count). The van der Waals surface area contributed by atoms with E-state index in [1.165, 1.54) is 22.3 Å². The fourth-order valence-electron chi connectivity index (χ4n) is 2.62. The highest BCUT2D eigenvalue weighted by Crippen LogP contribution is 2.25. The first-order valence-corrected chi connectivity index (χ1v) is 6.86. The summed E-state index contributed by atoms with van der Waals surface area (Å²) in [7, 11) is 4.02. The van der Waals surface area contributed by atoms with Gasteiger partial charge in [-0.1, -0.05) is 6.07 Å². The van der Waals surface area contributed by atoms with Crippen molar-refractivity contribution in [2.45, 2.75) is 20.4 Å². The third-order valence-electron chi connectivity index (χ3n) is 3.91. The lowest BCUT2D eigenvalue weighted by molar-refractivity contribution is 0.812. The van der Waals surface area contributed by atoms with Gasteiger partial charge in [0.05, 0.1) is 11.0 Å². The largest absolute Gasteiger partial charge is 0.358 e. The van der Waals surface area contributed by atoms with Crippen molar-refractivity contribution in [1.82, 2.24) is 19.9 Å². The molecule has 4 nitrogen and oxygen atoms in total. The molecule has 0 aliphatic carbocycles. The van der Waals surface area contributed by atoms with Crippen molar-refractivity contribution in [3.05, 3.63) is 41.3 Å².